The number of ether oxygens (including phenoxy) is 2. The molecule has 2 rings (SSSR count). The number of nitrogens with two attached hydrogens (primary N) is 1. The molecule has 0 heterocycles. The van der Waals surface area contributed by atoms with Gasteiger partial charge in [-0.1, -0.05) is 48.6 Å². The lowest BCUT2D eigenvalue weighted by molar-refractivity contribution is 0.0524. The Morgan fingerprint density at radius 3 is 2.52 bits per heavy atom. The van der Waals surface area contributed by atoms with Crippen LogP contribution in [0.1, 0.15) is 29.7 Å². The molecule has 1 unspecified atom stereocenters. The lowest BCUT2D eigenvalue weighted by Crippen LogP contribution is -2.11. The Bertz CT molecular complexity index is 613. The zero-order chi connectivity index (χ0) is 15.2. The first-order valence-corrected chi connectivity index (χ1v) is 7.16. The van der Waals surface area contributed by atoms with Gasteiger partial charge >= 0.3 is 0 Å². The molecule has 4 heteroatoms. The van der Waals surface area contributed by atoms with Gasteiger partial charge in [-0.25, -0.2) is 0 Å². The standard InChI is InChI=1S/C17H19NO2S/c1-12(14-6-4-3-5-7-14)20-11-13-8-9-15(17(18)21)16(10-13)19-2/h3-10,12H,11H2,1-2H3,(H2,18,21). The largest absolute Gasteiger partial charge is 0.496 e. The molecule has 0 bridgehead atoms. The van der Waals surface area contributed by atoms with Gasteiger partial charge in [-0.2, -0.15) is 0 Å². The highest BCUT2D eigenvalue weighted by molar-refractivity contribution is 7.80. The van der Waals surface area contributed by atoms with Crippen molar-refractivity contribution in [1.29, 1.82) is 0 Å². The van der Waals surface area contributed by atoms with Crippen molar-refractivity contribution in [3.05, 3.63) is 65.2 Å². The van der Waals surface area contributed by atoms with Crippen LogP contribution in [-0.4, -0.2) is 12.1 Å². The van der Waals surface area contributed by atoms with Crippen molar-refractivity contribution in [2.75, 3.05) is 7.11 Å². The molecule has 0 amide bonds. The number of thiocarbonyl (C=S) groups is 1. The predicted molar refractivity (Wildman–Crippen MR) is 88.5 cm³/mol. The van der Waals surface area contributed by atoms with E-state index in [-0.39, 0.29) is 6.10 Å². The van der Waals surface area contributed by atoms with E-state index in [0.717, 1.165) is 16.7 Å². The number of hydrogen-bond donors (Lipinski definition) is 1. The van der Waals surface area contributed by atoms with Crippen LogP contribution >= 0.6 is 12.2 Å². The van der Waals surface area contributed by atoms with Gasteiger partial charge in [0.2, 0.25) is 0 Å². The molecule has 0 aromatic heterocycles. The molecule has 0 fully saturated rings. The third-order valence-corrected chi connectivity index (χ3v) is 3.52. The molecule has 2 aromatic rings. The highest BCUT2D eigenvalue weighted by Crippen LogP contribution is 2.23. The lowest BCUT2D eigenvalue weighted by atomic mass is 10.1. The summed E-state index contributed by atoms with van der Waals surface area (Å²) in [4.78, 5) is 0.331. The van der Waals surface area contributed by atoms with Crippen LogP contribution in [0.25, 0.3) is 0 Å². The fraction of sp³-hybridized carbons (Fsp3) is 0.235. The zero-order valence-electron chi connectivity index (χ0n) is 12.2. The summed E-state index contributed by atoms with van der Waals surface area (Å²) in [6, 6.07) is 15.9. The van der Waals surface area contributed by atoms with Crippen molar-refractivity contribution in [1.82, 2.24) is 0 Å². The van der Waals surface area contributed by atoms with Crippen LogP contribution in [-0.2, 0) is 11.3 Å². The van der Waals surface area contributed by atoms with E-state index in [9.17, 15) is 0 Å². The second-order valence-corrected chi connectivity index (χ2v) is 5.20. The Morgan fingerprint density at radius 2 is 1.90 bits per heavy atom. The minimum Gasteiger partial charge on any atom is -0.496 e. The fourth-order valence-corrected chi connectivity index (χ4v) is 2.24. The smallest absolute Gasteiger partial charge is 0.129 e. The van der Waals surface area contributed by atoms with Crippen molar-refractivity contribution >= 4 is 17.2 Å². The van der Waals surface area contributed by atoms with Gasteiger partial charge in [0.25, 0.3) is 0 Å². The summed E-state index contributed by atoms with van der Waals surface area (Å²) in [5.41, 5.74) is 8.58. The van der Waals surface area contributed by atoms with Crippen LogP contribution < -0.4 is 10.5 Å². The van der Waals surface area contributed by atoms with Gasteiger partial charge in [-0.15, -0.1) is 0 Å². The quantitative estimate of drug-likeness (QED) is 0.828. The van der Waals surface area contributed by atoms with E-state index >= 15 is 0 Å². The summed E-state index contributed by atoms with van der Waals surface area (Å²) in [6.07, 6.45) is 0.0347. The van der Waals surface area contributed by atoms with E-state index in [1.165, 1.54) is 0 Å². The highest BCUT2D eigenvalue weighted by Gasteiger charge is 2.09. The Balaban J connectivity index is 2.05. The molecule has 0 radical (unpaired) electrons. The molecule has 0 saturated heterocycles. The summed E-state index contributed by atoms with van der Waals surface area (Å²) in [7, 11) is 1.61. The van der Waals surface area contributed by atoms with Gasteiger partial charge in [-0.3, -0.25) is 0 Å². The van der Waals surface area contributed by atoms with Crippen molar-refractivity contribution < 1.29 is 9.47 Å². The zero-order valence-corrected chi connectivity index (χ0v) is 13.0. The Hall–Kier alpha value is -1.91. The third-order valence-electron chi connectivity index (χ3n) is 3.30. The first-order valence-electron chi connectivity index (χ1n) is 6.75. The van der Waals surface area contributed by atoms with Crippen LogP contribution in [0.3, 0.4) is 0 Å². The topological polar surface area (TPSA) is 44.5 Å². The van der Waals surface area contributed by atoms with Crippen molar-refractivity contribution in [3.63, 3.8) is 0 Å². The average molecular weight is 301 g/mol. The van der Waals surface area contributed by atoms with Crippen LogP contribution in [0.4, 0.5) is 0 Å². The second kappa shape index (κ2) is 7.20. The minimum absolute atomic E-state index is 0.0347. The molecule has 3 nitrogen and oxygen atoms in total. The molecule has 21 heavy (non-hydrogen) atoms. The van der Waals surface area contributed by atoms with Crippen LogP contribution in [0.5, 0.6) is 5.75 Å². The van der Waals surface area contributed by atoms with E-state index in [1.807, 2.05) is 43.3 Å². The molecule has 0 aliphatic carbocycles. The SMILES string of the molecule is COc1cc(COC(C)c2ccccc2)ccc1C(N)=S. The highest BCUT2D eigenvalue weighted by atomic mass is 32.1. The Morgan fingerprint density at radius 1 is 1.19 bits per heavy atom. The van der Waals surface area contributed by atoms with Gasteiger partial charge in [0.15, 0.2) is 0 Å². The summed E-state index contributed by atoms with van der Waals surface area (Å²) in [6.45, 7) is 2.54. The molecule has 1 atom stereocenters. The van der Waals surface area contributed by atoms with E-state index in [2.05, 4.69) is 12.1 Å². The van der Waals surface area contributed by atoms with Crippen LogP contribution in [0, 0.1) is 0 Å². The van der Waals surface area contributed by atoms with Crippen molar-refractivity contribution in [2.24, 2.45) is 5.73 Å². The maximum Gasteiger partial charge on any atom is 0.129 e. The van der Waals surface area contributed by atoms with Gasteiger partial charge < -0.3 is 15.2 Å². The molecular formula is C17H19NO2S. The van der Waals surface area contributed by atoms with Gasteiger partial charge in [-0.05, 0) is 30.2 Å². The van der Waals surface area contributed by atoms with Gasteiger partial charge in [0.1, 0.15) is 10.7 Å². The van der Waals surface area contributed by atoms with Crippen molar-refractivity contribution in [3.8, 4) is 5.75 Å². The number of hydrogen-bond acceptors (Lipinski definition) is 3. The first-order chi connectivity index (χ1) is 10.1. The first kappa shape index (κ1) is 15.5. The third kappa shape index (κ3) is 4.03. The number of rotatable bonds is 6. The summed E-state index contributed by atoms with van der Waals surface area (Å²) in [5.74, 6) is 0.677. The fourth-order valence-electron chi connectivity index (χ4n) is 2.07. The number of methoxy groups -OCH3 is 1. The molecule has 0 spiro atoms. The lowest BCUT2D eigenvalue weighted by Gasteiger charge is -2.15. The van der Waals surface area contributed by atoms with Crippen LogP contribution in [0.2, 0.25) is 0 Å². The maximum atomic E-state index is 5.89. The summed E-state index contributed by atoms with van der Waals surface area (Å²) < 4.78 is 11.2. The molecule has 0 aliphatic rings. The van der Waals surface area contributed by atoms with E-state index in [1.54, 1.807) is 7.11 Å². The van der Waals surface area contributed by atoms with E-state index in [4.69, 9.17) is 27.4 Å². The molecule has 2 aromatic carbocycles. The predicted octanol–water partition coefficient (Wildman–Crippen LogP) is 3.61. The average Bonchev–Trinajstić information content (AvgIpc) is 2.52. The number of benzene rings is 2. The molecule has 0 aliphatic heterocycles. The minimum atomic E-state index is 0.0347. The Kier molecular flexibility index (Phi) is 5.31. The summed E-state index contributed by atoms with van der Waals surface area (Å²) >= 11 is 5.00. The van der Waals surface area contributed by atoms with E-state index in [0.29, 0.717) is 17.3 Å². The molecule has 0 saturated carbocycles. The Labute approximate surface area is 130 Å². The molecule has 110 valence electrons. The van der Waals surface area contributed by atoms with Gasteiger partial charge in [0.05, 0.1) is 25.4 Å². The normalized spacial score (nSPS) is 11.9. The van der Waals surface area contributed by atoms with Crippen molar-refractivity contribution in [2.45, 2.75) is 19.6 Å². The second-order valence-electron chi connectivity index (χ2n) is 4.76. The van der Waals surface area contributed by atoms with Crippen LogP contribution in [0.15, 0.2) is 48.5 Å². The van der Waals surface area contributed by atoms with Gasteiger partial charge in [0, 0.05) is 0 Å². The maximum absolute atomic E-state index is 5.89. The van der Waals surface area contributed by atoms with E-state index < -0.39 is 0 Å². The monoisotopic (exact) mass is 301 g/mol. The summed E-state index contributed by atoms with van der Waals surface area (Å²) in [5, 5.41) is 0. The molecule has 2 N–H and O–H groups in total. The molecular weight excluding hydrogens is 282 g/mol.